The van der Waals surface area contributed by atoms with Crippen LogP contribution in [0.25, 0.3) is 0 Å². The van der Waals surface area contributed by atoms with Crippen molar-refractivity contribution in [1.82, 2.24) is 5.32 Å². The van der Waals surface area contributed by atoms with Gasteiger partial charge < -0.3 is 11.1 Å². The van der Waals surface area contributed by atoms with Crippen molar-refractivity contribution in [3.8, 4) is 0 Å². The lowest BCUT2D eigenvalue weighted by atomic mass is 10.1. The van der Waals surface area contributed by atoms with Gasteiger partial charge in [0, 0.05) is 18.5 Å². The molecule has 0 spiro atoms. The van der Waals surface area contributed by atoms with Crippen LogP contribution >= 0.6 is 0 Å². The highest BCUT2D eigenvalue weighted by atomic mass is 19.4. The molecule has 0 saturated heterocycles. The number of rotatable bonds is 6. The summed E-state index contributed by atoms with van der Waals surface area (Å²) in [6, 6.07) is 2.04. The Balaban J connectivity index is 2.61. The predicted molar refractivity (Wildman–Crippen MR) is 66.8 cm³/mol. The first-order valence-corrected chi connectivity index (χ1v) is 6.15. The van der Waals surface area contributed by atoms with Gasteiger partial charge in [-0.3, -0.25) is 9.59 Å². The van der Waals surface area contributed by atoms with E-state index in [4.69, 9.17) is 5.73 Å². The molecule has 4 nitrogen and oxygen atoms in total. The fourth-order valence-corrected chi connectivity index (χ4v) is 1.61. The number of carbonyl (C=O) groups is 2. The molecule has 0 aliphatic rings. The van der Waals surface area contributed by atoms with E-state index < -0.39 is 29.4 Å². The van der Waals surface area contributed by atoms with Gasteiger partial charge in [0.15, 0.2) is 0 Å². The topological polar surface area (TPSA) is 72.2 Å². The molecule has 1 aromatic carbocycles. The molecule has 21 heavy (non-hydrogen) atoms. The first-order valence-electron chi connectivity index (χ1n) is 6.15. The molecule has 0 radical (unpaired) electrons. The number of halogens is 4. The van der Waals surface area contributed by atoms with Crippen LogP contribution in [-0.2, 0) is 11.0 Å². The molecular weight excluding hydrogens is 292 g/mol. The number of unbranched alkanes of at least 4 members (excludes halogenated alkanes) is 1. The van der Waals surface area contributed by atoms with Crippen LogP contribution in [0.15, 0.2) is 18.2 Å². The Hall–Kier alpha value is -2.12. The minimum Gasteiger partial charge on any atom is -0.370 e. The molecule has 0 unspecified atom stereocenters. The second-order valence-electron chi connectivity index (χ2n) is 4.37. The highest BCUT2D eigenvalue weighted by Crippen LogP contribution is 2.31. The van der Waals surface area contributed by atoms with E-state index in [0.29, 0.717) is 25.0 Å². The van der Waals surface area contributed by atoms with Crippen molar-refractivity contribution in [2.75, 3.05) is 6.54 Å². The number of nitrogens with one attached hydrogen (secondary N) is 1. The van der Waals surface area contributed by atoms with E-state index in [0.717, 1.165) is 6.07 Å². The molecule has 0 heterocycles. The van der Waals surface area contributed by atoms with Crippen LogP contribution in [-0.4, -0.2) is 18.4 Å². The second-order valence-corrected chi connectivity index (χ2v) is 4.37. The van der Waals surface area contributed by atoms with Gasteiger partial charge in [0.05, 0.1) is 5.56 Å². The molecule has 0 aromatic heterocycles. The van der Waals surface area contributed by atoms with Gasteiger partial charge in [-0.1, -0.05) is 0 Å². The zero-order chi connectivity index (χ0) is 16.0. The normalized spacial score (nSPS) is 11.2. The molecule has 1 rings (SSSR count). The Kier molecular flexibility index (Phi) is 5.69. The van der Waals surface area contributed by atoms with Crippen molar-refractivity contribution < 1.29 is 27.2 Å². The number of benzene rings is 1. The Labute approximate surface area is 118 Å². The van der Waals surface area contributed by atoms with Gasteiger partial charge in [-0.25, -0.2) is 4.39 Å². The number of nitrogens with two attached hydrogens (primary N) is 1. The van der Waals surface area contributed by atoms with Crippen molar-refractivity contribution in [2.24, 2.45) is 5.73 Å². The van der Waals surface area contributed by atoms with Crippen LogP contribution in [0.1, 0.15) is 35.2 Å². The lowest BCUT2D eigenvalue weighted by molar-refractivity contribution is -0.140. The minimum absolute atomic E-state index is 0.171. The largest absolute Gasteiger partial charge is 0.419 e. The van der Waals surface area contributed by atoms with Gasteiger partial charge in [0.2, 0.25) is 5.91 Å². The van der Waals surface area contributed by atoms with Crippen LogP contribution in [0.5, 0.6) is 0 Å². The molecule has 0 atom stereocenters. The van der Waals surface area contributed by atoms with E-state index >= 15 is 0 Å². The highest BCUT2D eigenvalue weighted by molar-refractivity contribution is 5.94. The maximum Gasteiger partial charge on any atom is 0.419 e. The second kappa shape index (κ2) is 7.05. The lowest BCUT2D eigenvalue weighted by Gasteiger charge is -2.10. The average Bonchev–Trinajstić information content (AvgIpc) is 2.36. The quantitative estimate of drug-likeness (QED) is 0.625. The summed E-state index contributed by atoms with van der Waals surface area (Å²) in [6.07, 6.45) is -3.76. The Morgan fingerprint density at radius 2 is 1.86 bits per heavy atom. The number of amides is 2. The molecule has 0 fully saturated rings. The SMILES string of the molecule is NC(=O)CCCCNC(=O)c1ccc(F)c(C(F)(F)F)c1. The van der Waals surface area contributed by atoms with Crippen molar-refractivity contribution in [2.45, 2.75) is 25.4 Å². The summed E-state index contributed by atoms with van der Waals surface area (Å²) < 4.78 is 50.6. The van der Waals surface area contributed by atoms with Crippen LogP contribution in [0.2, 0.25) is 0 Å². The predicted octanol–water partition coefficient (Wildman–Crippen LogP) is 2.23. The van der Waals surface area contributed by atoms with Gasteiger partial charge in [-0.2, -0.15) is 13.2 Å². The summed E-state index contributed by atoms with van der Waals surface area (Å²) in [4.78, 5) is 22.1. The summed E-state index contributed by atoms with van der Waals surface area (Å²) in [5.41, 5.74) is 3.17. The van der Waals surface area contributed by atoms with Crippen LogP contribution < -0.4 is 11.1 Å². The molecular formula is C13H14F4N2O2. The van der Waals surface area contributed by atoms with E-state index in [1.807, 2.05) is 0 Å². The first-order chi connectivity index (χ1) is 9.71. The monoisotopic (exact) mass is 306 g/mol. The summed E-state index contributed by atoms with van der Waals surface area (Å²) >= 11 is 0. The van der Waals surface area contributed by atoms with E-state index in [1.165, 1.54) is 0 Å². The standard InChI is InChI=1S/C13H14F4N2O2/c14-10-5-4-8(7-9(10)13(15,16)17)12(21)19-6-2-1-3-11(18)20/h4-5,7H,1-3,6H2,(H2,18,20)(H,19,21). The van der Waals surface area contributed by atoms with Crippen molar-refractivity contribution in [3.05, 3.63) is 35.1 Å². The maximum absolute atomic E-state index is 13.1. The fraction of sp³-hybridized carbons (Fsp3) is 0.385. The molecule has 0 saturated carbocycles. The number of alkyl halides is 3. The summed E-state index contributed by atoms with van der Waals surface area (Å²) in [6.45, 7) is 0.185. The van der Waals surface area contributed by atoms with Gasteiger partial charge in [-0.15, -0.1) is 0 Å². The molecule has 2 amide bonds. The van der Waals surface area contributed by atoms with Crippen molar-refractivity contribution >= 4 is 11.8 Å². The van der Waals surface area contributed by atoms with Crippen LogP contribution in [0, 0.1) is 5.82 Å². The smallest absolute Gasteiger partial charge is 0.370 e. The molecule has 0 bridgehead atoms. The zero-order valence-corrected chi connectivity index (χ0v) is 11.0. The summed E-state index contributed by atoms with van der Waals surface area (Å²) in [7, 11) is 0. The summed E-state index contributed by atoms with van der Waals surface area (Å²) in [5, 5.41) is 2.39. The number of hydrogen-bond donors (Lipinski definition) is 2. The molecule has 0 aliphatic carbocycles. The van der Waals surface area contributed by atoms with E-state index in [9.17, 15) is 27.2 Å². The van der Waals surface area contributed by atoms with Crippen LogP contribution in [0.4, 0.5) is 17.6 Å². The minimum atomic E-state index is -4.86. The Morgan fingerprint density at radius 3 is 2.43 bits per heavy atom. The third-order valence-electron chi connectivity index (χ3n) is 2.67. The van der Waals surface area contributed by atoms with Crippen molar-refractivity contribution in [1.29, 1.82) is 0 Å². The van der Waals surface area contributed by atoms with Gasteiger partial charge in [0.1, 0.15) is 5.82 Å². The molecule has 1 aromatic rings. The van der Waals surface area contributed by atoms with Gasteiger partial charge in [0.25, 0.3) is 5.91 Å². The first kappa shape index (κ1) is 16.9. The van der Waals surface area contributed by atoms with E-state index in [1.54, 1.807) is 0 Å². The van der Waals surface area contributed by atoms with E-state index in [2.05, 4.69) is 5.32 Å². The van der Waals surface area contributed by atoms with Gasteiger partial charge >= 0.3 is 6.18 Å². The third-order valence-corrected chi connectivity index (χ3v) is 2.67. The number of primary amides is 1. The van der Waals surface area contributed by atoms with E-state index in [-0.39, 0.29) is 18.5 Å². The Bertz CT molecular complexity index is 529. The zero-order valence-electron chi connectivity index (χ0n) is 11.0. The molecule has 0 aliphatic heterocycles. The molecule has 3 N–H and O–H groups in total. The molecule has 8 heteroatoms. The molecule has 116 valence electrons. The third kappa shape index (κ3) is 5.41. The lowest BCUT2D eigenvalue weighted by Crippen LogP contribution is -2.25. The van der Waals surface area contributed by atoms with Crippen LogP contribution in [0.3, 0.4) is 0 Å². The van der Waals surface area contributed by atoms with Crippen molar-refractivity contribution in [3.63, 3.8) is 0 Å². The average molecular weight is 306 g/mol. The number of carbonyl (C=O) groups excluding carboxylic acids is 2. The highest BCUT2D eigenvalue weighted by Gasteiger charge is 2.34. The van der Waals surface area contributed by atoms with Gasteiger partial charge in [-0.05, 0) is 31.0 Å². The summed E-state index contributed by atoms with van der Waals surface area (Å²) in [5.74, 6) is -2.63. The Morgan fingerprint density at radius 1 is 1.19 bits per heavy atom. The maximum atomic E-state index is 13.1. The number of hydrogen-bond acceptors (Lipinski definition) is 2. The fourth-order valence-electron chi connectivity index (χ4n) is 1.61.